The highest BCUT2D eigenvalue weighted by Crippen LogP contribution is 2.11. The Morgan fingerprint density at radius 3 is 2.46 bits per heavy atom. The number of hydrogen-bond donors (Lipinski definition) is 0. The molecule has 4 heteroatoms. The molecule has 3 nitrogen and oxygen atoms in total. The number of amides is 1. The molecule has 2 aromatic carbocycles. The average Bonchev–Trinajstić information content (AvgIpc) is 2.63. The Morgan fingerprint density at radius 2 is 1.75 bits per heavy atom. The summed E-state index contributed by atoms with van der Waals surface area (Å²) in [5, 5.41) is 0. The molecule has 0 unspecified atom stereocenters. The largest absolute Gasteiger partial charge is 0.336 e. The van der Waals surface area contributed by atoms with Crippen LogP contribution < -0.4 is 0 Å². The number of halogens is 1. The third kappa shape index (κ3) is 4.30. The van der Waals surface area contributed by atoms with Crippen LogP contribution in [0.5, 0.6) is 0 Å². The van der Waals surface area contributed by atoms with Gasteiger partial charge in [-0.05, 0) is 23.8 Å². The third-order valence-corrected chi connectivity index (χ3v) is 4.20. The summed E-state index contributed by atoms with van der Waals surface area (Å²) >= 11 is 0. The second kappa shape index (κ2) is 7.88. The van der Waals surface area contributed by atoms with Crippen molar-refractivity contribution in [3.8, 4) is 0 Å². The van der Waals surface area contributed by atoms with Crippen LogP contribution in [0.15, 0.2) is 60.7 Å². The fourth-order valence-electron chi connectivity index (χ4n) is 2.84. The van der Waals surface area contributed by atoms with Crippen molar-refractivity contribution in [3.05, 3.63) is 77.6 Å². The minimum atomic E-state index is -0.370. The van der Waals surface area contributed by atoms with E-state index in [9.17, 15) is 9.18 Å². The number of nitrogens with zero attached hydrogens (tertiary/aromatic N) is 2. The van der Waals surface area contributed by atoms with Gasteiger partial charge in [-0.2, -0.15) is 0 Å². The van der Waals surface area contributed by atoms with Crippen LogP contribution >= 0.6 is 0 Å². The summed E-state index contributed by atoms with van der Waals surface area (Å²) in [6.07, 6.45) is 4.27. The molecule has 1 aliphatic heterocycles. The molecule has 3 rings (SSSR count). The second-order valence-corrected chi connectivity index (χ2v) is 5.92. The van der Waals surface area contributed by atoms with Crippen molar-refractivity contribution in [1.82, 2.24) is 9.80 Å². The number of piperazine rings is 1. The lowest BCUT2D eigenvalue weighted by molar-refractivity contribution is 0.0650. The zero-order valence-corrected chi connectivity index (χ0v) is 13.6. The van der Waals surface area contributed by atoms with Gasteiger partial charge < -0.3 is 4.90 Å². The van der Waals surface area contributed by atoms with Crippen molar-refractivity contribution in [1.29, 1.82) is 0 Å². The van der Waals surface area contributed by atoms with Crippen LogP contribution in [0.25, 0.3) is 6.08 Å². The fourth-order valence-corrected chi connectivity index (χ4v) is 2.84. The molecule has 24 heavy (non-hydrogen) atoms. The van der Waals surface area contributed by atoms with Gasteiger partial charge in [0.1, 0.15) is 5.82 Å². The summed E-state index contributed by atoms with van der Waals surface area (Å²) in [5.74, 6) is -0.459. The molecule has 1 aliphatic rings. The maximum Gasteiger partial charge on any atom is 0.254 e. The molecule has 1 fully saturated rings. The Hall–Kier alpha value is -2.46. The second-order valence-electron chi connectivity index (χ2n) is 5.92. The molecule has 2 aromatic rings. The number of hydrogen-bond acceptors (Lipinski definition) is 2. The summed E-state index contributed by atoms with van der Waals surface area (Å²) in [4.78, 5) is 16.5. The zero-order chi connectivity index (χ0) is 16.8. The summed E-state index contributed by atoms with van der Waals surface area (Å²) in [7, 11) is 0. The molecule has 0 N–H and O–H groups in total. The Bertz CT molecular complexity index is 707. The first-order valence-electron chi connectivity index (χ1n) is 8.21. The number of benzene rings is 2. The van der Waals surface area contributed by atoms with E-state index in [1.807, 2.05) is 18.2 Å². The van der Waals surface area contributed by atoms with Crippen molar-refractivity contribution in [2.45, 2.75) is 0 Å². The van der Waals surface area contributed by atoms with Crippen LogP contribution in [0.1, 0.15) is 15.9 Å². The lowest BCUT2D eigenvalue weighted by Crippen LogP contribution is -2.48. The quantitative estimate of drug-likeness (QED) is 0.861. The highest BCUT2D eigenvalue weighted by Gasteiger charge is 2.21. The predicted octanol–water partition coefficient (Wildman–Crippen LogP) is 3.30. The monoisotopic (exact) mass is 324 g/mol. The summed E-state index contributed by atoms with van der Waals surface area (Å²) in [5.41, 5.74) is 1.62. The SMILES string of the molecule is O=C(c1cccc(F)c1)N1CCN(C/C=C/c2ccccc2)CC1. The van der Waals surface area contributed by atoms with Gasteiger partial charge in [0.15, 0.2) is 0 Å². The smallest absolute Gasteiger partial charge is 0.254 e. The van der Waals surface area contributed by atoms with Gasteiger partial charge in [0.25, 0.3) is 5.91 Å². The molecule has 1 amide bonds. The lowest BCUT2D eigenvalue weighted by atomic mass is 10.1. The maximum absolute atomic E-state index is 13.2. The number of carbonyl (C=O) groups excluding carboxylic acids is 1. The van der Waals surface area contributed by atoms with Crippen molar-refractivity contribution in [2.75, 3.05) is 32.7 Å². The van der Waals surface area contributed by atoms with Gasteiger partial charge in [-0.1, -0.05) is 48.6 Å². The normalized spacial score (nSPS) is 15.8. The van der Waals surface area contributed by atoms with E-state index < -0.39 is 0 Å². The van der Waals surface area contributed by atoms with E-state index in [1.54, 1.807) is 17.0 Å². The molecule has 1 heterocycles. The van der Waals surface area contributed by atoms with Crippen LogP contribution in [-0.4, -0.2) is 48.4 Å². The van der Waals surface area contributed by atoms with Crippen molar-refractivity contribution >= 4 is 12.0 Å². The van der Waals surface area contributed by atoms with E-state index in [0.717, 1.165) is 19.6 Å². The van der Waals surface area contributed by atoms with Gasteiger partial charge in [-0.3, -0.25) is 9.69 Å². The van der Waals surface area contributed by atoms with Gasteiger partial charge in [0.2, 0.25) is 0 Å². The highest BCUT2D eigenvalue weighted by atomic mass is 19.1. The van der Waals surface area contributed by atoms with Crippen LogP contribution in [0.4, 0.5) is 4.39 Å². The summed E-state index contributed by atoms with van der Waals surface area (Å²) in [6.45, 7) is 3.89. The Labute approximate surface area is 142 Å². The minimum absolute atomic E-state index is 0.0889. The molecule has 0 spiro atoms. The van der Waals surface area contributed by atoms with Crippen LogP contribution in [0, 0.1) is 5.82 Å². The molecule has 0 atom stereocenters. The molecule has 0 saturated carbocycles. The lowest BCUT2D eigenvalue weighted by Gasteiger charge is -2.34. The topological polar surface area (TPSA) is 23.6 Å². The van der Waals surface area contributed by atoms with Crippen molar-refractivity contribution in [3.63, 3.8) is 0 Å². The van der Waals surface area contributed by atoms with Crippen LogP contribution in [0.2, 0.25) is 0 Å². The number of rotatable bonds is 4. The van der Waals surface area contributed by atoms with E-state index in [4.69, 9.17) is 0 Å². The molecule has 0 aromatic heterocycles. The van der Waals surface area contributed by atoms with Crippen molar-refractivity contribution in [2.24, 2.45) is 0 Å². The van der Waals surface area contributed by atoms with E-state index in [-0.39, 0.29) is 11.7 Å². The van der Waals surface area contributed by atoms with Gasteiger partial charge in [0, 0.05) is 38.3 Å². The van der Waals surface area contributed by atoms with Crippen molar-refractivity contribution < 1.29 is 9.18 Å². The van der Waals surface area contributed by atoms with E-state index in [0.29, 0.717) is 18.7 Å². The first-order valence-corrected chi connectivity index (χ1v) is 8.21. The number of carbonyl (C=O) groups is 1. The average molecular weight is 324 g/mol. The Balaban J connectivity index is 1.49. The fraction of sp³-hybridized carbons (Fsp3) is 0.250. The zero-order valence-electron chi connectivity index (χ0n) is 13.6. The van der Waals surface area contributed by atoms with E-state index >= 15 is 0 Å². The highest BCUT2D eigenvalue weighted by molar-refractivity contribution is 5.94. The molecule has 1 saturated heterocycles. The molecule has 0 radical (unpaired) electrons. The van der Waals surface area contributed by atoms with Gasteiger partial charge in [0.05, 0.1) is 0 Å². The summed E-state index contributed by atoms with van der Waals surface area (Å²) in [6, 6.07) is 16.1. The van der Waals surface area contributed by atoms with E-state index in [2.05, 4.69) is 29.2 Å². The predicted molar refractivity (Wildman–Crippen MR) is 94.2 cm³/mol. The maximum atomic E-state index is 13.2. The first-order chi connectivity index (χ1) is 11.7. The molecular formula is C20H21FN2O. The van der Waals surface area contributed by atoms with Crippen LogP contribution in [-0.2, 0) is 0 Å². The van der Waals surface area contributed by atoms with Crippen LogP contribution in [0.3, 0.4) is 0 Å². The molecule has 124 valence electrons. The molecule has 0 aliphatic carbocycles. The summed E-state index contributed by atoms with van der Waals surface area (Å²) < 4.78 is 13.2. The van der Waals surface area contributed by atoms with E-state index in [1.165, 1.54) is 17.7 Å². The third-order valence-electron chi connectivity index (χ3n) is 4.20. The first kappa shape index (κ1) is 16.4. The van der Waals surface area contributed by atoms with Gasteiger partial charge >= 0.3 is 0 Å². The Morgan fingerprint density at radius 1 is 1.00 bits per heavy atom. The van der Waals surface area contributed by atoms with Gasteiger partial charge in [-0.15, -0.1) is 0 Å². The molecule has 0 bridgehead atoms. The Kier molecular flexibility index (Phi) is 5.39. The molecular weight excluding hydrogens is 303 g/mol. The van der Waals surface area contributed by atoms with Gasteiger partial charge in [-0.25, -0.2) is 4.39 Å². The minimum Gasteiger partial charge on any atom is -0.336 e. The standard InChI is InChI=1S/C20H21FN2O/c21-19-10-4-9-18(16-19)20(24)23-14-12-22(13-15-23)11-5-8-17-6-2-1-3-7-17/h1-10,16H,11-15H2/b8-5+.